The Balaban J connectivity index is 1.60. The molecule has 3 unspecified atom stereocenters. The van der Waals surface area contributed by atoms with E-state index in [4.69, 9.17) is 16.3 Å². The molecule has 2 aromatic rings. The SMILES string of the molecule is COc1ccccc1C1C2C(=O)N(c3ccc(F)c(Cl)c3)C(=O)C2N2CCCN12. The van der Waals surface area contributed by atoms with Crippen LogP contribution < -0.4 is 9.64 Å². The summed E-state index contributed by atoms with van der Waals surface area (Å²) in [6.45, 7) is 1.49. The molecule has 3 atom stereocenters. The van der Waals surface area contributed by atoms with Crippen molar-refractivity contribution >= 4 is 29.1 Å². The number of para-hydroxylation sites is 1. The van der Waals surface area contributed by atoms with Gasteiger partial charge in [0.2, 0.25) is 5.91 Å². The van der Waals surface area contributed by atoms with E-state index in [0.29, 0.717) is 18.0 Å². The summed E-state index contributed by atoms with van der Waals surface area (Å²) in [5.74, 6) is -1.07. The van der Waals surface area contributed by atoms with E-state index in [1.807, 2.05) is 29.3 Å². The number of carbonyl (C=O) groups excluding carboxylic acids is 2. The van der Waals surface area contributed by atoms with Gasteiger partial charge in [-0.25, -0.2) is 19.3 Å². The van der Waals surface area contributed by atoms with Gasteiger partial charge in [-0.05, 0) is 30.7 Å². The van der Waals surface area contributed by atoms with Crippen LogP contribution in [0.1, 0.15) is 18.0 Å². The first-order valence-electron chi connectivity index (χ1n) is 9.52. The molecular weight excluding hydrogens is 397 g/mol. The third-order valence-corrected chi connectivity index (χ3v) is 6.31. The molecule has 0 N–H and O–H groups in total. The molecule has 6 nitrogen and oxygen atoms in total. The molecule has 2 amide bonds. The molecule has 8 heteroatoms. The first-order valence-corrected chi connectivity index (χ1v) is 9.89. The van der Waals surface area contributed by atoms with Crippen LogP contribution >= 0.6 is 11.6 Å². The van der Waals surface area contributed by atoms with Crippen molar-refractivity contribution < 1.29 is 18.7 Å². The smallest absolute Gasteiger partial charge is 0.253 e. The predicted octanol–water partition coefficient (Wildman–Crippen LogP) is 3.02. The average Bonchev–Trinajstić information content (AvgIpc) is 3.36. The van der Waals surface area contributed by atoms with Crippen LogP contribution in [0.4, 0.5) is 10.1 Å². The second-order valence-corrected chi connectivity index (χ2v) is 7.85. The molecule has 3 aliphatic heterocycles. The predicted molar refractivity (Wildman–Crippen MR) is 105 cm³/mol. The van der Waals surface area contributed by atoms with Crippen molar-refractivity contribution in [3.63, 3.8) is 0 Å². The van der Waals surface area contributed by atoms with E-state index in [2.05, 4.69) is 5.01 Å². The average molecular weight is 416 g/mol. The Hall–Kier alpha value is -2.48. The third kappa shape index (κ3) is 2.61. The summed E-state index contributed by atoms with van der Waals surface area (Å²) in [4.78, 5) is 28.0. The molecule has 0 bridgehead atoms. The number of nitrogens with zero attached hydrogens (tertiary/aromatic N) is 3. The second kappa shape index (κ2) is 6.79. The van der Waals surface area contributed by atoms with E-state index in [9.17, 15) is 14.0 Å². The van der Waals surface area contributed by atoms with Gasteiger partial charge in [0, 0.05) is 18.7 Å². The van der Waals surface area contributed by atoms with E-state index >= 15 is 0 Å². The Morgan fingerprint density at radius 3 is 2.48 bits per heavy atom. The highest BCUT2D eigenvalue weighted by molar-refractivity contribution is 6.31. The highest BCUT2D eigenvalue weighted by atomic mass is 35.5. The quantitative estimate of drug-likeness (QED) is 0.721. The van der Waals surface area contributed by atoms with Crippen LogP contribution in [0.2, 0.25) is 5.02 Å². The minimum absolute atomic E-state index is 0.121. The van der Waals surface area contributed by atoms with E-state index in [1.54, 1.807) is 7.11 Å². The number of imide groups is 1. The lowest BCUT2D eigenvalue weighted by atomic mass is 9.89. The molecule has 3 saturated heterocycles. The lowest BCUT2D eigenvalue weighted by Crippen LogP contribution is -2.44. The summed E-state index contributed by atoms with van der Waals surface area (Å²) in [5.41, 5.74) is 1.18. The van der Waals surface area contributed by atoms with Crippen molar-refractivity contribution in [1.29, 1.82) is 0 Å². The fraction of sp³-hybridized carbons (Fsp3) is 0.333. The fourth-order valence-electron chi connectivity index (χ4n) is 4.88. The number of methoxy groups -OCH3 is 1. The van der Waals surface area contributed by atoms with Crippen LogP contribution in [0, 0.1) is 11.7 Å². The van der Waals surface area contributed by atoms with E-state index in [-0.39, 0.29) is 22.9 Å². The topological polar surface area (TPSA) is 53.1 Å². The van der Waals surface area contributed by atoms with Crippen molar-refractivity contribution in [3.05, 3.63) is 58.9 Å². The Labute approximate surface area is 172 Å². The first-order chi connectivity index (χ1) is 14.0. The number of hydrazine groups is 1. The molecule has 0 saturated carbocycles. The zero-order valence-electron chi connectivity index (χ0n) is 15.7. The third-order valence-electron chi connectivity index (χ3n) is 6.02. The summed E-state index contributed by atoms with van der Waals surface area (Å²) in [6.07, 6.45) is 0.915. The van der Waals surface area contributed by atoms with E-state index in [0.717, 1.165) is 23.4 Å². The van der Waals surface area contributed by atoms with Gasteiger partial charge in [-0.2, -0.15) is 0 Å². The van der Waals surface area contributed by atoms with Crippen LogP contribution in [0.5, 0.6) is 5.75 Å². The number of halogens is 2. The maximum Gasteiger partial charge on any atom is 0.253 e. The van der Waals surface area contributed by atoms with Gasteiger partial charge in [0.15, 0.2) is 0 Å². The van der Waals surface area contributed by atoms with Gasteiger partial charge in [-0.15, -0.1) is 0 Å². The van der Waals surface area contributed by atoms with Gasteiger partial charge in [0.05, 0.1) is 29.8 Å². The van der Waals surface area contributed by atoms with Gasteiger partial charge < -0.3 is 4.74 Å². The van der Waals surface area contributed by atoms with Crippen molar-refractivity contribution in [3.8, 4) is 5.75 Å². The summed E-state index contributed by atoms with van der Waals surface area (Å²) in [6, 6.07) is 10.6. The number of fused-ring (bicyclic) bond motifs is 3. The number of amides is 2. The molecule has 150 valence electrons. The van der Waals surface area contributed by atoms with Crippen LogP contribution in [0.15, 0.2) is 42.5 Å². The molecule has 3 heterocycles. The van der Waals surface area contributed by atoms with Crippen molar-refractivity contribution in [2.45, 2.75) is 18.5 Å². The highest BCUT2D eigenvalue weighted by Crippen LogP contribution is 2.50. The van der Waals surface area contributed by atoms with Gasteiger partial charge in [-0.3, -0.25) is 9.59 Å². The Kier molecular flexibility index (Phi) is 4.34. The Morgan fingerprint density at radius 1 is 1.03 bits per heavy atom. The van der Waals surface area contributed by atoms with Crippen LogP contribution in [-0.4, -0.2) is 48.1 Å². The lowest BCUT2D eigenvalue weighted by Gasteiger charge is -2.30. The number of carbonyl (C=O) groups is 2. The number of hydrogen-bond acceptors (Lipinski definition) is 5. The van der Waals surface area contributed by atoms with Crippen molar-refractivity contribution in [2.75, 3.05) is 25.1 Å². The molecule has 29 heavy (non-hydrogen) atoms. The number of ether oxygens (including phenoxy) is 1. The maximum absolute atomic E-state index is 13.6. The first kappa shape index (κ1) is 18.5. The summed E-state index contributed by atoms with van der Waals surface area (Å²) in [5, 5.41) is 4.01. The highest BCUT2D eigenvalue weighted by Gasteiger charge is 2.63. The zero-order chi connectivity index (χ0) is 20.3. The molecule has 3 fully saturated rings. The van der Waals surface area contributed by atoms with Crippen molar-refractivity contribution in [2.24, 2.45) is 5.92 Å². The maximum atomic E-state index is 13.6. The monoisotopic (exact) mass is 415 g/mol. The zero-order valence-corrected chi connectivity index (χ0v) is 16.5. The van der Waals surface area contributed by atoms with Crippen molar-refractivity contribution in [1.82, 2.24) is 10.0 Å². The minimum atomic E-state index is -0.590. The van der Waals surface area contributed by atoms with Gasteiger partial charge >= 0.3 is 0 Å². The fourth-order valence-corrected chi connectivity index (χ4v) is 5.05. The molecule has 0 aromatic heterocycles. The summed E-state index contributed by atoms with van der Waals surface area (Å²) >= 11 is 5.90. The number of anilines is 1. The van der Waals surface area contributed by atoms with E-state index < -0.39 is 17.8 Å². The molecule has 0 radical (unpaired) electrons. The van der Waals surface area contributed by atoms with Gasteiger partial charge in [0.25, 0.3) is 5.91 Å². The minimum Gasteiger partial charge on any atom is -0.496 e. The standard InChI is InChI=1S/C21H19ClFN3O3/c1-29-16-6-3-2-5-13(16)18-17-19(25-10-4-9-24(18)25)21(28)26(20(17)27)12-7-8-15(23)14(22)11-12/h2-3,5-8,11,17-19H,4,9-10H2,1H3. The van der Waals surface area contributed by atoms with E-state index in [1.165, 1.54) is 18.2 Å². The van der Waals surface area contributed by atoms with Gasteiger partial charge in [-0.1, -0.05) is 29.8 Å². The molecular formula is C21H19ClFN3O3. The van der Waals surface area contributed by atoms with Gasteiger partial charge in [0.1, 0.15) is 17.6 Å². The molecule has 0 spiro atoms. The Morgan fingerprint density at radius 2 is 1.76 bits per heavy atom. The summed E-state index contributed by atoms with van der Waals surface area (Å²) in [7, 11) is 1.60. The molecule has 5 rings (SSSR count). The second-order valence-electron chi connectivity index (χ2n) is 7.45. The van der Waals surface area contributed by atoms with Crippen LogP contribution in [-0.2, 0) is 9.59 Å². The number of benzene rings is 2. The van der Waals surface area contributed by atoms with Crippen LogP contribution in [0.3, 0.4) is 0 Å². The Bertz CT molecular complexity index is 1020. The summed E-state index contributed by atoms with van der Waals surface area (Å²) < 4.78 is 19.1. The molecule has 0 aliphatic carbocycles. The van der Waals surface area contributed by atoms with Crippen LogP contribution in [0.25, 0.3) is 0 Å². The normalized spacial score (nSPS) is 26.9. The number of hydrogen-bond donors (Lipinski definition) is 0. The number of rotatable bonds is 3. The molecule has 3 aliphatic rings. The largest absolute Gasteiger partial charge is 0.496 e. The molecule has 2 aromatic carbocycles. The lowest BCUT2D eigenvalue weighted by molar-refractivity contribution is -0.126.